The Morgan fingerprint density at radius 1 is 1.05 bits per heavy atom. The molecule has 8 heteroatoms. The normalized spacial score (nSPS) is 16.3. The molecule has 0 aliphatic heterocycles. The van der Waals surface area contributed by atoms with Crippen molar-refractivity contribution in [2.75, 3.05) is 0 Å². The van der Waals surface area contributed by atoms with Gasteiger partial charge in [0.15, 0.2) is 0 Å². The predicted molar refractivity (Wildman–Crippen MR) is 81.7 cm³/mol. The summed E-state index contributed by atoms with van der Waals surface area (Å²) in [4.78, 5) is 0. The van der Waals surface area contributed by atoms with E-state index in [2.05, 4.69) is 4.18 Å². The highest BCUT2D eigenvalue weighted by molar-refractivity contribution is 7.88. The Labute approximate surface area is 129 Å². The van der Waals surface area contributed by atoms with Gasteiger partial charge in [0.25, 0.3) is 0 Å². The summed E-state index contributed by atoms with van der Waals surface area (Å²) in [5.41, 5.74) is -3.43. The van der Waals surface area contributed by atoms with Gasteiger partial charge in [-0.15, -0.1) is 0 Å². The van der Waals surface area contributed by atoms with Gasteiger partial charge in [-0.2, -0.15) is 21.6 Å². The van der Waals surface area contributed by atoms with E-state index in [0.29, 0.717) is 5.19 Å². The second kappa shape index (κ2) is 5.56. The Balaban J connectivity index is 2.54. The molecule has 0 spiro atoms. The van der Waals surface area contributed by atoms with Crippen LogP contribution in [-0.4, -0.2) is 22.0 Å². The monoisotopic (exact) mass is 352 g/mol. The minimum atomic E-state index is -5.64. The second-order valence-electron chi connectivity index (χ2n) is 6.56. The van der Waals surface area contributed by atoms with E-state index in [1.807, 2.05) is 25.7 Å². The smallest absolute Gasteiger partial charge is 0.376 e. The highest BCUT2D eigenvalue weighted by Gasteiger charge is 2.49. The number of hydrogen-bond acceptors (Lipinski definition) is 3. The fraction of sp³-hybridized carbons (Fsp3) is 0.571. The fourth-order valence-corrected chi connectivity index (χ4v) is 4.60. The molecule has 1 aliphatic rings. The number of alkyl halides is 3. The van der Waals surface area contributed by atoms with Crippen LogP contribution in [0.15, 0.2) is 12.1 Å². The maximum atomic E-state index is 12.6. The van der Waals surface area contributed by atoms with Crippen LogP contribution in [0.2, 0.25) is 19.6 Å². The molecule has 0 saturated heterocycles. The van der Waals surface area contributed by atoms with Gasteiger partial charge < -0.3 is 4.18 Å². The number of fused-ring (bicyclic) bond motifs is 1. The van der Waals surface area contributed by atoms with E-state index < -0.39 is 23.7 Å². The van der Waals surface area contributed by atoms with Gasteiger partial charge >= 0.3 is 15.6 Å². The first-order valence-corrected chi connectivity index (χ1v) is 12.0. The molecule has 0 radical (unpaired) electrons. The first kappa shape index (κ1) is 17.3. The zero-order valence-electron chi connectivity index (χ0n) is 12.8. The Kier molecular flexibility index (Phi) is 4.38. The van der Waals surface area contributed by atoms with Crippen molar-refractivity contribution in [1.82, 2.24) is 0 Å². The van der Waals surface area contributed by atoms with Gasteiger partial charge in [0.05, 0.1) is 8.07 Å². The summed E-state index contributed by atoms with van der Waals surface area (Å²) in [5.74, 6) is -0.155. The van der Waals surface area contributed by atoms with E-state index in [0.717, 1.165) is 36.8 Å². The van der Waals surface area contributed by atoms with Gasteiger partial charge in [-0.3, -0.25) is 0 Å². The summed E-state index contributed by atoms with van der Waals surface area (Å²) >= 11 is 0. The zero-order chi connectivity index (χ0) is 16.8. The minimum Gasteiger partial charge on any atom is -0.376 e. The fourth-order valence-electron chi connectivity index (χ4n) is 2.58. The molecule has 0 N–H and O–H groups in total. The molecule has 0 unspecified atom stereocenters. The van der Waals surface area contributed by atoms with Crippen LogP contribution in [-0.2, 0) is 23.0 Å². The van der Waals surface area contributed by atoms with Gasteiger partial charge in [-0.05, 0) is 48.1 Å². The summed E-state index contributed by atoms with van der Waals surface area (Å²) in [7, 11) is -7.69. The molecule has 1 aromatic carbocycles. The second-order valence-corrected chi connectivity index (χ2v) is 13.1. The Morgan fingerprint density at radius 2 is 1.55 bits per heavy atom. The van der Waals surface area contributed by atoms with Crippen molar-refractivity contribution in [3.63, 3.8) is 0 Å². The topological polar surface area (TPSA) is 43.4 Å². The maximum Gasteiger partial charge on any atom is 0.534 e. The summed E-state index contributed by atoms with van der Waals surface area (Å²) in [6, 6.07) is 3.34. The van der Waals surface area contributed by atoms with Crippen LogP contribution < -0.4 is 9.37 Å². The predicted octanol–water partition coefficient (Wildman–Crippen LogP) is 3.34. The molecule has 0 amide bonds. The number of halogens is 3. The molecule has 1 aromatic rings. The van der Waals surface area contributed by atoms with Crippen molar-refractivity contribution in [1.29, 1.82) is 0 Å². The summed E-state index contributed by atoms with van der Waals surface area (Å²) < 4.78 is 64.9. The lowest BCUT2D eigenvalue weighted by atomic mass is 9.92. The standard InChI is InChI=1S/C14H19F3O3SSi/c1-22(2,3)13-9-11-7-5-4-6-10(11)8-12(13)20-21(18,19)14(15,16)17/h8-9H,4-7H2,1-3H3. The van der Waals surface area contributed by atoms with Crippen LogP contribution in [0.5, 0.6) is 5.75 Å². The molecule has 0 fully saturated rings. The van der Waals surface area contributed by atoms with E-state index in [9.17, 15) is 21.6 Å². The number of aryl methyl sites for hydroxylation is 2. The van der Waals surface area contributed by atoms with Crippen molar-refractivity contribution in [2.24, 2.45) is 0 Å². The van der Waals surface area contributed by atoms with Crippen LogP contribution in [0.1, 0.15) is 24.0 Å². The molecule has 0 atom stereocenters. The van der Waals surface area contributed by atoms with E-state index in [1.54, 1.807) is 0 Å². The molecule has 2 rings (SSSR count). The average molecular weight is 352 g/mol. The van der Waals surface area contributed by atoms with Crippen molar-refractivity contribution < 1.29 is 25.8 Å². The Bertz CT molecular complexity index is 676. The van der Waals surface area contributed by atoms with Crippen molar-refractivity contribution >= 4 is 23.4 Å². The molecule has 0 bridgehead atoms. The molecular formula is C14H19F3O3SSi. The summed E-state index contributed by atoms with van der Waals surface area (Å²) in [6.45, 7) is 5.85. The third-order valence-corrected chi connectivity index (χ3v) is 6.71. The van der Waals surface area contributed by atoms with Crippen molar-refractivity contribution in [3.8, 4) is 5.75 Å². The Hall–Kier alpha value is -1.02. The molecule has 0 aromatic heterocycles. The highest BCUT2D eigenvalue weighted by atomic mass is 32.2. The van der Waals surface area contributed by atoms with E-state index in [4.69, 9.17) is 0 Å². The molecule has 1 aliphatic carbocycles. The van der Waals surface area contributed by atoms with Crippen LogP contribution in [0, 0.1) is 0 Å². The minimum absolute atomic E-state index is 0.155. The third kappa shape index (κ3) is 3.48. The molecule has 3 nitrogen and oxygen atoms in total. The first-order chi connectivity index (χ1) is 9.92. The van der Waals surface area contributed by atoms with Crippen LogP contribution >= 0.6 is 0 Å². The number of benzene rings is 1. The number of rotatable bonds is 3. The van der Waals surface area contributed by atoms with Gasteiger partial charge in [0.1, 0.15) is 5.75 Å². The Morgan fingerprint density at radius 3 is 2.00 bits per heavy atom. The van der Waals surface area contributed by atoms with Crippen molar-refractivity contribution in [3.05, 3.63) is 23.3 Å². The van der Waals surface area contributed by atoms with Crippen LogP contribution in [0.25, 0.3) is 0 Å². The average Bonchev–Trinajstić information content (AvgIpc) is 2.34. The molecule has 124 valence electrons. The third-order valence-electron chi connectivity index (χ3n) is 3.74. The molecule has 0 heterocycles. The van der Waals surface area contributed by atoms with Gasteiger partial charge in [0, 0.05) is 0 Å². The van der Waals surface area contributed by atoms with E-state index in [-0.39, 0.29) is 5.75 Å². The van der Waals surface area contributed by atoms with Gasteiger partial charge in [-0.25, -0.2) is 0 Å². The lowest BCUT2D eigenvalue weighted by Crippen LogP contribution is -2.41. The van der Waals surface area contributed by atoms with Gasteiger partial charge in [0.2, 0.25) is 0 Å². The van der Waals surface area contributed by atoms with Crippen LogP contribution in [0.4, 0.5) is 13.2 Å². The van der Waals surface area contributed by atoms with Gasteiger partial charge in [-0.1, -0.05) is 25.7 Å². The van der Waals surface area contributed by atoms with Crippen molar-refractivity contribution in [2.45, 2.75) is 50.8 Å². The van der Waals surface area contributed by atoms with E-state index in [1.165, 1.54) is 6.07 Å². The lowest BCUT2D eigenvalue weighted by molar-refractivity contribution is -0.0499. The lowest BCUT2D eigenvalue weighted by Gasteiger charge is -2.25. The van der Waals surface area contributed by atoms with Crippen LogP contribution in [0.3, 0.4) is 0 Å². The highest BCUT2D eigenvalue weighted by Crippen LogP contribution is 2.30. The first-order valence-electron chi connectivity index (χ1n) is 7.09. The summed E-state index contributed by atoms with van der Waals surface area (Å²) in [6.07, 6.45) is 3.60. The SMILES string of the molecule is C[Si](C)(C)c1cc2c(cc1OS(=O)(=O)C(F)(F)F)CCCC2. The molecule has 22 heavy (non-hydrogen) atoms. The molecule has 0 saturated carbocycles. The quantitative estimate of drug-likeness (QED) is 0.476. The number of hydrogen-bond donors (Lipinski definition) is 0. The zero-order valence-corrected chi connectivity index (χ0v) is 14.6. The molecular weight excluding hydrogens is 333 g/mol. The maximum absolute atomic E-state index is 12.6. The summed E-state index contributed by atoms with van der Waals surface area (Å²) in [5, 5.41) is 0.612. The van der Waals surface area contributed by atoms with E-state index >= 15 is 0 Å². The largest absolute Gasteiger partial charge is 0.534 e.